The van der Waals surface area contributed by atoms with Crippen molar-refractivity contribution < 1.29 is 19.1 Å². The van der Waals surface area contributed by atoms with Crippen molar-refractivity contribution in [3.05, 3.63) is 52.1 Å². The summed E-state index contributed by atoms with van der Waals surface area (Å²) < 4.78 is 15.4. The first-order valence-electron chi connectivity index (χ1n) is 8.24. The Bertz CT molecular complexity index is 985. The third kappa shape index (κ3) is 2.06. The van der Waals surface area contributed by atoms with Crippen LogP contribution in [-0.2, 0) is 17.8 Å². The molecule has 0 atom stereocenters. The molecule has 1 amide bonds. The lowest BCUT2D eigenvalue weighted by molar-refractivity contribution is -0.110. The lowest BCUT2D eigenvalue weighted by Crippen LogP contribution is -2.08. The first-order valence-corrected chi connectivity index (χ1v) is 8.24. The standard InChI is InChI=1S/C19H17FN2O3/c1-3-22-9(2)15(19(24)25)12-6-7-13(17(12)22)16-11-5-4-10(20)8-14(11)21-18(16)23/h4-5,8H,3,6-7H2,1-2H3,(H,21,23)(H,24,25)/b16-13-. The molecule has 0 saturated heterocycles. The molecule has 0 saturated carbocycles. The highest BCUT2D eigenvalue weighted by molar-refractivity contribution is 6.37. The van der Waals surface area contributed by atoms with Gasteiger partial charge >= 0.3 is 5.97 Å². The maximum Gasteiger partial charge on any atom is 0.337 e. The van der Waals surface area contributed by atoms with Gasteiger partial charge in [0, 0.05) is 23.5 Å². The molecule has 1 aliphatic heterocycles. The molecule has 1 aromatic carbocycles. The van der Waals surface area contributed by atoms with E-state index in [9.17, 15) is 19.1 Å². The van der Waals surface area contributed by atoms with Gasteiger partial charge in [-0.2, -0.15) is 0 Å². The van der Waals surface area contributed by atoms with Gasteiger partial charge in [0.2, 0.25) is 0 Å². The van der Waals surface area contributed by atoms with Crippen molar-refractivity contribution in [2.24, 2.45) is 0 Å². The third-order valence-electron chi connectivity index (χ3n) is 5.09. The number of anilines is 1. The van der Waals surface area contributed by atoms with Crippen LogP contribution in [-0.4, -0.2) is 21.6 Å². The Morgan fingerprint density at radius 3 is 2.80 bits per heavy atom. The van der Waals surface area contributed by atoms with E-state index < -0.39 is 11.8 Å². The molecule has 0 bridgehead atoms. The van der Waals surface area contributed by atoms with Crippen molar-refractivity contribution in [1.82, 2.24) is 4.57 Å². The fourth-order valence-electron chi connectivity index (χ4n) is 4.13. The van der Waals surface area contributed by atoms with Gasteiger partial charge in [0.25, 0.3) is 5.91 Å². The molecule has 2 aromatic rings. The lowest BCUT2D eigenvalue weighted by atomic mass is 9.99. The quantitative estimate of drug-likeness (QED) is 0.823. The second-order valence-electron chi connectivity index (χ2n) is 6.33. The average Bonchev–Trinajstić information content (AvgIpc) is 3.16. The Morgan fingerprint density at radius 1 is 1.36 bits per heavy atom. The molecule has 25 heavy (non-hydrogen) atoms. The number of fused-ring (bicyclic) bond motifs is 2. The number of halogens is 1. The highest BCUT2D eigenvalue weighted by atomic mass is 19.1. The zero-order valence-corrected chi connectivity index (χ0v) is 13.9. The van der Waals surface area contributed by atoms with Crippen LogP contribution in [0.1, 0.15) is 46.2 Å². The summed E-state index contributed by atoms with van der Waals surface area (Å²) in [4.78, 5) is 24.2. The third-order valence-corrected chi connectivity index (χ3v) is 5.09. The maximum atomic E-state index is 13.5. The van der Waals surface area contributed by atoms with Crippen LogP contribution in [0.3, 0.4) is 0 Å². The van der Waals surface area contributed by atoms with Crippen LogP contribution in [0.25, 0.3) is 11.1 Å². The Labute approximate surface area is 143 Å². The number of carbonyl (C=O) groups is 2. The van der Waals surface area contributed by atoms with Crippen molar-refractivity contribution in [3.8, 4) is 0 Å². The summed E-state index contributed by atoms with van der Waals surface area (Å²) in [6.07, 6.45) is 1.19. The van der Waals surface area contributed by atoms with Crippen LogP contribution in [0, 0.1) is 12.7 Å². The van der Waals surface area contributed by atoms with Gasteiger partial charge < -0.3 is 15.0 Å². The molecule has 1 aromatic heterocycles. The minimum atomic E-state index is -0.939. The summed E-state index contributed by atoms with van der Waals surface area (Å²) in [5, 5.41) is 12.3. The number of carbonyl (C=O) groups excluding carboxylic acids is 1. The van der Waals surface area contributed by atoms with Gasteiger partial charge in [-0.3, -0.25) is 4.79 Å². The molecular formula is C19H17FN2O3. The van der Waals surface area contributed by atoms with E-state index in [0.29, 0.717) is 47.5 Å². The van der Waals surface area contributed by atoms with Crippen molar-refractivity contribution in [2.45, 2.75) is 33.2 Å². The van der Waals surface area contributed by atoms with E-state index in [2.05, 4.69) is 5.32 Å². The monoisotopic (exact) mass is 340 g/mol. The molecule has 0 fully saturated rings. The highest BCUT2D eigenvalue weighted by Gasteiger charge is 2.36. The Morgan fingerprint density at radius 2 is 2.12 bits per heavy atom. The number of rotatable bonds is 2. The van der Waals surface area contributed by atoms with Gasteiger partial charge in [0.15, 0.2) is 0 Å². The molecule has 128 valence electrons. The Hall–Kier alpha value is -2.89. The fraction of sp³-hybridized carbons (Fsp3) is 0.263. The molecule has 1 aliphatic carbocycles. The topological polar surface area (TPSA) is 71.3 Å². The van der Waals surface area contributed by atoms with E-state index in [0.717, 1.165) is 16.8 Å². The number of hydrogen-bond donors (Lipinski definition) is 2. The number of benzene rings is 1. The van der Waals surface area contributed by atoms with Gasteiger partial charge in [0.05, 0.1) is 16.8 Å². The molecule has 2 heterocycles. The van der Waals surface area contributed by atoms with Crippen LogP contribution in [0.2, 0.25) is 0 Å². The molecule has 0 unspecified atom stereocenters. The van der Waals surface area contributed by atoms with Gasteiger partial charge in [-0.25, -0.2) is 9.18 Å². The number of nitrogens with zero attached hydrogens (tertiary/aromatic N) is 1. The van der Waals surface area contributed by atoms with Gasteiger partial charge in [-0.15, -0.1) is 0 Å². The van der Waals surface area contributed by atoms with Crippen LogP contribution < -0.4 is 5.32 Å². The number of carboxylic acids is 1. The SMILES string of the molecule is CCn1c(C)c(C(=O)O)c2c1/C(=C1\C(=O)Nc3cc(F)ccc31)CC2. The number of nitrogens with one attached hydrogen (secondary N) is 1. The molecule has 2 aliphatic rings. The number of aromatic nitrogens is 1. The molecule has 0 radical (unpaired) electrons. The number of carboxylic acid groups (broad SMARTS) is 1. The summed E-state index contributed by atoms with van der Waals surface area (Å²) in [6.45, 7) is 4.37. The van der Waals surface area contributed by atoms with Crippen LogP contribution in [0.5, 0.6) is 0 Å². The Kier molecular flexibility index (Phi) is 3.32. The van der Waals surface area contributed by atoms with E-state index in [1.54, 1.807) is 13.0 Å². The van der Waals surface area contributed by atoms with Crippen molar-refractivity contribution in [1.29, 1.82) is 0 Å². The molecule has 4 rings (SSSR count). The van der Waals surface area contributed by atoms with Gasteiger partial charge in [-0.05, 0) is 56.0 Å². The second kappa shape index (κ2) is 5.31. The zero-order chi connectivity index (χ0) is 17.9. The second-order valence-corrected chi connectivity index (χ2v) is 6.33. The number of aromatic carboxylic acids is 1. The summed E-state index contributed by atoms with van der Waals surface area (Å²) in [6, 6.07) is 4.25. The smallest absolute Gasteiger partial charge is 0.337 e. The van der Waals surface area contributed by atoms with E-state index in [1.165, 1.54) is 12.1 Å². The minimum absolute atomic E-state index is 0.262. The number of allylic oxidation sites excluding steroid dienone is 1. The van der Waals surface area contributed by atoms with Crippen molar-refractivity contribution in [2.75, 3.05) is 5.32 Å². The summed E-state index contributed by atoms with van der Waals surface area (Å²) in [5.74, 6) is -1.61. The largest absolute Gasteiger partial charge is 0.478 e. The van der Waals surface area contributed by atoms with Crippen LogP contribution in [0.4, 0.5) is 10.1 Å². The molecule has 0 spiro atoms. The predicted molar refractivity (Wildman–Crippen MR) is 92.0 cm³/mol. The molecule has 6 heteroatoms. The van der Waals surface area contributed by atoms with Crippen molar-refractivity contribution >= 4 is 28.7 Å². The molecule has 5 nitrogen and oxygen atoms in total. The first-order chi connectivity index (χ1) is 11.9. The predicted octanol–water partition coefficient (Wildman–Crippen LogP) is 3.46. The van der Waals surface area contributed by atoms with Crippen LogP contribution >= 0.6 is 0 Å². The van der Waals surface area contributed by atoms with Crippen LogP contribution in [0.15, 0.2) is 18.2 Å². The van der Waals surface area contributed by atoms with E-state index in [1.807, 2.05) is 11.5 Å². The zero-order valence-electron chi connectivity index (χ0n) is 13.9. The summed E-state index contributed by atoms with van der Waals surface area (Å²) >= 11 is 0. The Balaban J connectivity index is 2.01. The maximum absolute atomic E-state index is 13.5. The molecule has 2 N–H and O–H groups in total. The fourth-order valence-corrected chi connectivity index (χ4v) is 4.13. The summed E-state index contributed by atoms with van der Waals surface area (Å²) in [5.41, 5.74) is 5.17. The van der Waals surface area contributed by atoms with E-state index in [4.69, 9.17) is 0 Å². The molecular weight excluding hydrogens is 323 g/mol. The summed E-state index contributed by atoms with van der Waals surface area (Å²) in [7, 11) is 0. The minimum Gasteiger partial charge on any atom is -0.478 e. The van der Waals surface area contributed by atoms with Crippen molar-refractivity contribution in [3.63, 3.8) is 0 Å². The normalized spacial score (nSPS) is 18.3. The highest BCUT2D eigenvalue weighted by Crippen LogP contribution is 2.45. The average molecular weight is 340 g/mol. The van der Waals surface area contributed by atoms with Gasteiger partial charge in [0.1, 0.15) is 5.82 Å². The lowest BCUT2D eigenvalue weighted by Gasteiger charge is -2.11. The number of amides is 1. The number of hydrogen-bond acceptors (Lipinski definition) is 2. The van der Waals surface area contributed by atoms with E-state index >= 15 is 0 Å². The van der Waals surface area contributed by atoms with Gasteiger partial charge in [-0.1, -0.05) is 0 Å². The van der Waals surface area contributed by atoms with E-state index in [-0.39, 0.29) is 5.91 Å². The first kappa shape index (κ1) is 15.6.